The zero-order valence-corrected chi connectivity index (χ0v) is 30.7. The van der Waals surface area contributed by atoms with Gasteiger partial charge in [-0.1, -0.05) is 53.8 Å². The number of hydrogen-bond donors (Lipinski definition) is 3. The van der Waals surface area contributed by atoms with Gasteiger partial charge in [-0.05, 0) is 69.7 Å². The van der Waals surface area contributed by atoms with Crippen molar-refractivity contribution >= 4 is 33.6 Å². The SMILES string of the molecule is Cc1ccc(O)c(-c2nn(C)cc2C#Cc2ccc(NC(=O)[C@@H]3CN(S(C)(=O)=O)CCN3C(=O)[C@H](NC(=O)OC(C)(C)C)c3ccccc3)cc2)c1. The van der Waals surface area contributed by atoms with Gasteiger partial charge in [0.05, 0.1) is 11.8 Å². The van der Waals surface area contributed by atoms with Crippen LogP contribution in [0.4, 0.5) is 10.5 Å². The van der Waals surface area contributed by atoms with E-state index < -0.39 is 45.6 Å². The van der Waals surface area contributed by atoms with E-state index in [0.717, 1.165) is 16.1 Å². The fourth-order valence-electron chi connectivity index (χ4n) is 5.69. The molecule has 52 heavy (non-hydrogen) atoms. The molecule has 0 radical (unpaired) electrons. The summed E-state index contributed by atoms with van der Waals surface area (Å²) >= 11 is 0. The number of carbonyl (C=O) groups is 3. The number of aromatic hydroxyl groups is 1. The van der Waals surface area contributed by atoms with Crippen LogP contribution in [-0.4, -0.2) is 88.0 Å². The Morgan fingerprint density at radius 1 is 1.00 bits per heavy atom. The van der Waals surface area contributed by atoms with Crippen LogP contribution in [0.15, 0.2) is 79.0 Å². The largest absolute Gasteiger partial charge is 0.507 e. The van der Waals surface area contributed by atoms with Crippen molar-refractivity contribution < 1.29 is 32.6 Å². The van der Waals surface area contributed by atoms with E-state index >= 15 is 0 Å². The quantitative estimate of drug-likeness (QED) is 0.239. The molecule has 4 aromatic rings. The number of phenolic OH excluding ortho intramolecular Hbond substituents is 1. The molecule has 0 aliphatic carbocycles. The summed E-state index contributed by atoms with van der Waals surface area (Å²) in [4.78, 5) is 42.2. The van der Waals surface area contributed by atoms with Gasteiger partial charge < -0.3 is 25.4 Å². The van der Waals surface area contributed by atoms with Crippen molar-refractivity contribution in [2.24, 2.45) is 7.05 Å². The van der Waals surface area contributed by atoms with Crippen LogP contribution in [0.1, 0.15) is 49.1 Å². The standard InChI is InChI=1S/C38H42N6O7S/c1-25-12-19-32(45)30(22-25)33-28(23-42(5)41-33)16-13-26-14-17-29(18-15-26)39-35(46)31-24-43(52(6,49)50)20-21-44(31)36(47)34(27-10-8-7-9-11-27)40-37(48)51-38(2,3)4/h7-12,14-15,17-19,22-23,31,34,45H,20-21,24H2,1-6H3,(H,39,46)(H,40,48)/t31-,34+/m0/s1. The number of anilines is 1. The lowest BCUT2D eigenvalue weighted by Gasteiger charge is -2.41. The number of aryl methyl sites for hydroxylation is 2. The number of nitrogens with one attached hydrogen (secondary N) is 2. The highest BCUT2D eigenvalue weighted by atomic mass is 32.2. The first-order chi connectivity index (χ1) is 24.5. The van der Waals surface area contributed by atoms with Gasteiger partial charge in [-0.15, -0.1) is 0 Å². The molecule has 0 spiro atoms. The summed E-state index contributed by atoms with van der Waals surface area (Å²) in [6.07, 6.45) is 2.00. The Morgan fingerprint density at radius 3 is 2.35 bits per heavy atom. The molecular formula is C38H42N6O7S. The van der Waals surface area contributed by atoms with Gasteiger partial charge >= 0.3 is 6.09 Å². The summed E-state index contributed by atoms with van der Waals surface area (Å²) in [6.45, 7) is 6.63. The topological polar surface area (TPSA) is 163 Å². The molecule has 2 atom stereocenters. The molecule has 3 N–H and O–H groups in total. The fraction of sp³-hybridized carbons (Fsp3) is 0.316. The predicted octanol–water partition coefficient (Wildman–Crippen LogP) is 4.18. The molecule has 0 bridgehead atoms. The smallest absolute Gasteiger partial charge is 0.408 e. The van der Waals surface area contributed by atoms with Crippen LogP contribution in [-0.2, 0) is 31.4 Å². The second kappa shape index (κ2) is 15.3. The first kappa shape index (κ1) is 37.6. The van der Waals surface area contributed by atoms with Gasteiger partial charge in [-0.2, -0.15) is 9.40 Å². The number of nitrogens with zero attached hydrogens (tertiary/aromatic N) is 4. The first-order valence-electron chi connectivity index (χ1n) is 16.5. The molecule has 13 nitrogen and oxygen atoms in total. The molecule has 272 valence electrons. The van der Waals surface area contributed by atoms with Gasteiger partial charge in [0.15, 0.2) is 0 Å². The highest BCUT2D eigenvalue weighted by Crippen LogP contribution is 2.31. The van der Waals surface area contributed by atoms with Crippen molar-refractivity contribution in [3.8, 4) is 28.8 Å². The van der Waals surface area contributed by atoms with Crippen LogP contribution < -0.4 is 10.6 Å². The van der Waals surface area contributed by atoms with Gasteiger partial charge in [0.1, 0.15) is 29.1 Å². The lowest BCUT2D eigenvalue weighted by molar-refractivity contribution is -0.142. The maximum Gasteiger partial charge on any atom is 0.408 e. The maximum absolute atomic E-state index is 14.2. The Balaban J connectivity index is 1.37. The number of sulfonamides is 1. The van der Waals surface area contributed by atoms with Gasteiger partial charge in [0, 0.05) is 49.7 Å². The average molecular weight is 727 g/mol. The lowest BCUT2D eigenvalue weighted by atomic mass is 10.0. The van der Waals surface area contributed by atoms with Crippen molar-refractivity contribution in [2.45, 2.75) is 45.4 Å². The number of carbonyl (C=O) groups excluding carboxylic acids is 3. The van der Waals surface area contributed by atoms with Crippen molar-refractivity contribution in [2.75, 3.05) is 31.2 Å². The third-order valence-electron chi connectivity index (χ3n) is 8.17. The second-order valence-corrected chi connectivity index (χ2v) is 15.5. The van der Waals surface area contributed by atoms with E-state index in [4.69, 9.17) is 4.74 Å². The molecule has 1 aliphatic heterocycles. The highest BCUT2D eigenvalue weighted by molar-refractivity contribution is 7.88. The van der Waals surface area contributed by atoms with E-state index in [9.17, 15) is 27.9 Å². The van der Waals surface area contributed by atoms with E-state index in [1.165, 1.54) is 4.90 Å². The van der Waals surface area contributed by atoms with Crippen LogP contribution in [0.25, 0.3) is 11.3 Å². The lowest BCUT2D eigenvalue weighted by Crippen LogP contribution is -2.62. The van der Waals surface area contributed by atoms with Crippen LogP contribution >= 0.6 is 0 Å². The third kappa shape index (κ3) is 9.36. The summed E-state index contributed by atoms with van der Waals surface area (Å²) in [6, 6.07) is 18.1. The first-order valence-corrected chi connectivity index (χ1v) is 18.4. The van der Waals surface area contributed by atoms with Gasteiger partial charge in [0.25, 0.3) is 5.91 Å². The van der Waals surface area contributed by atoms with Crippen LogP contribution in [0.2, 0.25) is 0 Å². The number of amides is 3. The normalized spacial score (nSPS) is 15.6. The van der Waals surface area contributed by atoms with Gasteiger partial charge in [-0.3, -0.25) is 14.3 Å². The van der Waals surface area contributed by atoms with E-state index in [2.05, 4.69) is 27.6 Å². The third-order valence-corrected chi connectivity index (χ3v) is 9.44. The molecule has 1 saturated heterocycles. The fourth-order valence-corrected chi connectivity index (χ4v) is 6.52. The van der Waals surface area contributed by atoms with Gasteiger partial charge in [-0.25, -0.2) is 13.2 Å². The number of phenols is 1. The molecule has 1 fully saturated rings. The number of alkyl carbamates (subject to hydrolysis) is 1. The molecule has 3 aromatic carbocycles. The van der Waals surface area contributed by atoms with E-state index in [1.54, 1.807) is 99.4 Å². The minimum Gasteiger partial charge on any atom is -0.507 e. The molecular weight excluding hydrogens is 685 g/mol. The molecule has 3 amide bonds. The monoisotopic (exact) mass is 726 g/mol. The van der Waals surface area contributed by atoms with Crippen LogP contribution in [0, 0.1) is 18.8 Å². The van der Waals surface area contributed by atoms with Crippen molar-refractivity contribution in [1.29, 1.82) is 0 Å². The Kier molecular flexibility index (Phi) is 11.1. The summed E-state index contributed by atoms with van der Waals surface area (Å²) in [5.74, 6) is 5.11. The minimum absolute atomic E-state index is 0.0299. The Bertz CT molecular complexity index is 2130. The molecule has 2 heterocycles. The number of hydrogen-bond acceptors (Lipinski definition) is 8. The maximum atomic E-state index is 14.2. The summed E-state index contributed by atoms with van der Waals surface area (Å²) < 4.78 is 33.3. The number of ether oxygens (including phenoxy) is 1. The highest BCUT2D eigenvalue weighted by Gasteiger charge is 2.41. The molecule has 0 unspecified atom stereocenters. The van der Waals surface area contributed by atoms with Crippen LogP contribution in [0.3, 0.4) is 0 Å². The number of rotatable bonds is 7. The molecule has 1 aliphatic rings. The zero-order chi connectivity index (χ0) is 37.8. The predicted molar refractivity (Wildman–Crippen MR) is 197 cm³/mol. The van der Waals surface area contributed by atoms with Crippen molar-refractivity contribution in [3.63, 3.8) is 0 Å². The van der Waals surface area contributed by atoms with E-state index in [0.29, 0.717) is 33.6 Å². The molecule has 14 heteroatoms. The second-order valence-electron chi connectivity index (χ2n) is 13.6. The number of aromatic nitrogens is 2. The van der Waals surface area contributed by atoms with E-state index in [-0.39, 0.29) is 25.4 Å². The molecule has 5 rings (SSSR count). The minimum atomic E-state index is -3.69. The summed E-state index contributed by atoms with van der Waals surface area (Å²) in [5, 5.41) is 20.4. The number of benzene rings is 3. The van der Waals surface area contributed by atoms with Crippen LogP contribution in [0.5, 0.6) is 5.75 Å². The Labute approximate surface area is 303 Å². The molecule has 1 aromatic heterocycles. The Hall–Kier alpha value is -5.65. The summed E-state index contributed by atoms with van der Waals surface area (Å²) in [7, 11) is -1.92. The average Bonchev–Trinajstić information content (AvgIpc) is 3.46. The summed E-state index contributed by atoms with van der Waals surface area (Å²) in [5.41, 5.74) is 3.38. The zero-order valence-electron chi connectivity index (χ0n) is 29.9. The van der Waals surface area contributed by atoms with Gasteiger partial charge in [0.2, 0.25) is 15.9 Å². The van der Waals surface area contributed by atoms with E-state index in [1.807, 2.05) is 19.1 Å². The number of piperazine rings is 1. The molecule has 0 saturated carbocycles. The van der Waals surface area contributed by atoms with Crippen molar-refractivity contribution in [1.82, 2.24) is 24.3 Å². The Morgan fingerprint density at radius 2 is 1.69 bits per heavy atom. The van der Waals surface area contributed by atoms with Crippen molar-refractivity contribution in [3.05, 3.63) is 101 Å².